The molecule has 5 nitrogen and oxygen atoms in total. The molecule has 1 aromatic carbocycles. The normalized spacial score (nSPS) is 19.2. The Morgan fingerprint density at radius 3 is 2.79 bits per heavy atom. The maximum atomic E-state index is 11.6. The van der Waals surface area contributed by atoms with Gasteiger partial charge in [-0.2, -0.15) is 0 Å². The van der Waals surface area contributed by atoms with Gasteiger partial charge in [0, 0.05) is 13.1 Å². The summed E-state index contributed by atoms with van der Waals surface area (Å²) in [6.07, 6.45) is 0.739. The Balaban J connectivity index is 1.71. The topological polar surface area (TPSA) is 58.6 Å². The maximum Gasteiger partial charge on any atom is 0.324 e. The summed E-state index contributed by atoms with van der Waals surface area (Å²) in [6.45, 7) is 3.44. The smallest absolute Gasteiger partial charge is 0.324 e. The standard InChI is InChI=1S/C14H18N2O3/c1-11-10-16(14(18)15-13(11)17)8-5-9-19-12-6-3-2-4-7-12/h2-4,6-7,11H,5,8-10H2,1H3,(H,15,17,18). The molecule has 5 heteroatoms. The first-order chi connectivity index (χ1) is 9.16. The molecule has 0 radical (unpaired) electrons. The van der Waals surface area contributed by atoms with Crippen LogP contribution in [0.5, 0.6) is 5.75 Å². The molecule has 0 saturated carbocycles. The van der Waals surface area contributed by atoms with E-state index in [1.165, 1.54) is 0 Å². The molecule has 2 rings (SSSR count). The van der Waals surface area contributed by atoms with Gasteiger partial charge in [-0.3, -0.25) is 10.1 Å². The van der Waals surface area contributed by atoms with Crippen LogP contribution < -0.4 is 10.1 Å². The number of ether oxygens (including phenoxy) is 1. The predicted octanol–water partition coefficient (Wildman–Crippen LogP) is 1.64. The summed E-state index contributed by atoms with van der Waals surface area (Å²) in [5, 5.41) is 2.34. The summed E-state index contributed by atoms with van der Waals surface area (Å²) >= 11 is 0. The van der Waals surface area contributed by atoms with Crippen molar-refractivity contribution in [2.45, 2.75) is 13.3 Å². The molecule has 1 saturated heterocycles. The summed E-state index contributed by atoms with van der Waals surface area (Å²) in [4.78, 5) is 24.5. The Morgan fingerprint density at radius 1 is 1.32 bits per heavy atom. The molecule has 1 N–H and O–H groups in total. The highest BCUT2D eigenvalue weighted by Crippen LogP contribution is 2.10. The van der Waals surface area contributed by atoms with E-state index < -0.39 is 0 Å². The summed E-state index contributed by atoms with van der Waals surface area (Å²) < 4.78 is 5.55. The number of hydrogen-bond acceptors (Lipinski definition) is 3. The first-order valence-electron chi connectivity index (χ1n) is 6.44. The largest absolute Gasteiger partial charge is 0.494 e. The first kappa shape index (κ1) is 13.4. The number of imide groups is 1. The van der Waals surface area contributed by atoms with E-state index in [0.717, 1.165) is 12.2 Å². The first-order valence-corrected chi connectivity index (χ1v) is 6.44. The average Bonchev–Trinajstić information content (AvgIpc) is 2.41. The number of urea groups is 1. The number of hydrogen-bond donors (Lipinski definition) is 1. The van der Waals surface area contributed by atoms with Gasteiger partial charge in [-0.1, -0.05) is 25.1 Å². The van der Waals surface area contributed by atoms with Crippen molar-refractivity contribution >= 4 is 11.9 Å². The Labute approximate surface area is 112 Å². The highest BCUT2D eigenvalue weighted by atomic mass is 16.5. The molecule has 1 aromatic rings. The van der Waals surface area contributed by atoms with E-state index in [2.05, 4.69) is 5.32 Å². The second-order valence-corrected chi connectivity index (χ2v) is 4.66. The van der Waals surface area contributed by atoms with Crippen molar-refractivity contribution in [1.82, 2.24) is 10.2 Å². The molecule has 1 unspecified atom stereocenters. The highest BCUT2D eigenvalue weighted by Gasteiger charge is 2.28. The molecular weight excluding hydrogens is 244 g/mol. The van der Waals surface area contributed by atoms with Gasteiger partial charge in [-0.05, 0) is 18.6 Å². The van der Waals surface area contributed by atoms with Crippen molar-refractivity contribution in [3.63, 3.8) is 0 Å². The minimum atomic E-state index is -0.303. The van der Waals surface area contributed by atoms with Crippen molar-refractivity contribution < 1.29 is 14.3 Å². The molecule has 0 bridgehead atoms. The molecule has 19 heavy (non-hydrogen) atoms. The minimum absolute atomic E-state index is 0.146. The minimum Gasteiger partial charge on any atom is -0.494 e. The monoisotopic (exact) mass is 262 g/mol. The van der Waals surface area contributed by atoms with E-state index in [-0.39, 0.29) is 17.9 Å². The Kier molecular flexibility index (Phi) is 4.39. The zero-order chi connectivity index (χ0) is 13.7. The van der Waals surface area contributed by atoms with Gasteiger partial charge in [0.2, 0.25) is 5.91 Å². The van der Waals surface area contributed by atoms with Gasteiger partial charge in [-0.25, -0.2) is 4.79 Å². The summed E-state index contributed by atoms with van der Waals surface area (Å²) in [6, 6.07) is 9.26. The third-order valence-corrected chi connectivity index (χ3v) is 3.04. The highest BCUT2D eigenvalue weighted by molar-refractivity contribution is 5.97. The lowest BCUT2D eigenvalue weighted by Gasteiger charge is -2.30. The van der Waals surface area contributed by atoms with Gasteiger partial charge >= 0.3 is 6.03 Å². The van der Waals surface area contributed by atoms with Crippen molar-refractivity contribution in [2.75, 3.05) is 19.7 Å². The van der Waals surface area contributed by atoms with E-state index in [9.17, 15) is 9.59 Å². The Hall–Kier alpha value is -2.04. The van der Waals surface area contributed by atoms with Gasteiger partial charge in [0.15, 0.2) is 0 Å². The number of nitrogens with zero attached hydrogens (tertiary/aromatic N) is 1. The van der Waals surface area contributed by atoms with Crippen LogP contribution in [0.25, 0.3) is 0 Å². The molecule has 102 valence electrons. The number of rotatable bonds is 5. The molecule has 0 aromatic heterocycles. The predicted molar refractivity (Wildman–Crippen MR) is 70.8 cm³/mol. The van der Waals surface area contributed by atoms with Crippen LogP contribution in [0, 0.1) is 5.92 Å². The van der Waals surface area contributed by atoms with E-state index in [1.807, 2.05) is 37.3 Å². The lowest BCUT2D eigenvalue weighted by molar-refractivity contribution is -0.125. The Morgan fingerprint density at radius 2 is 2.05 bits per heavy atom. The molecule has 1 atom stereocenters. The van der Waals surface area contributed by atoms with Crippen LogP contribution in [-0.2, 0) is 4.79 Å². The van der Waals surface area contributed by atoms with Gasteiger partial charge in [-0.15, -0.1) is 0 Å². The third-order valence-electron chi connectivity index (χ3n) is 3.04. The van der Waals surface area contributed by atoms with Crippen LogP contribution in [0.2, 0.25) is 0 Å². The van der Waals surface area contributed by atoms with Crippen molar-refractivity contribution in [3.05, 3.63) is 30.3 Å². The van der Waals surface area contributed by atoms with Crippen LogP contribution in [0.4, 0.5) is 4.79 Å². The summed E-state index contributed by atoms with van der Waals surface area (Å²) in [5.74, 6) is 0.490. The number of carbonyl (C=O) groups excluding carboxylic acids is 2. The van der Waals surface area contributed by atoms with Crippen molar-refractivity contribution in [3.8, 4) is 5.75 Å². The third kappa shape index (κ3) is 3.71. The van der Waals surface area contributed by atoms with Gasteiger partial charge < -0.3 is 9.64 Å². The van der Waals surface area contributed by atoms with E-state index in [0.29, 0.717) is 19.7 Å². The van der Waals surface area contributed by atoms with E-state index >= 15 is 0 Å². The SMILES string of the molecule is CC1CN(CCCOc2ccccc2)C(=O)NC1=O. The van der Waals surface area contributed by atoms with Crippen LogP contribution in [0.3, 0.4) is 0 Å². The van der Waals surface area contributed by atoms with Crippen LogP contribution in [-0.4, -0.2) is 36.5 Å². The fourth-order valence-corrected chi connectivity index (χ4v) is 1.96. The lowest BCUT2D eigenvalue weighted by atomic mass is 10.1. The van der Waals surface area contributed by atoms with Crippen LogP contribution >= 0.6 is 0 Å². The molecule has 1 aliphatic heterocycles. The molecule has 1 heterocycles. The number of para-hydroxylation sites is 1. The fourth-order valence-electron chi connectivity index (χ4n) is 1.96. The number of nitrogens with one attached hydrogen (secondary N) is 1. The van der Waals surface area contributed by atoms with Gasteiger partial charge in [0.1, 0.15) is 5.75 Å². The molecular formula is C14H18N2O3. The second-order valence-electron chi connectivity index (χ2n) is 4.66. The van der Waals surface area contributed by atoms with Crippen molar-refractivity contribution in [1.29, 1.82) is 0 Å². The molecule has 1 fully saturated rings. The fraction of sp³-hybridized carbons (Fsp3) is 0.429. The number of carbonyl (C=O) groups is 2. The quantitative estimate of drug-likeness (QED) is 0.821. The number of benzene rings is 1. The molecule has 3 amide bonds. The zero-order valence-corrected chi connectivity index (χ0v) is 11.0. The lowest BCUT2D eigenvalue weighted by Crippen LogP contribution is -2.53. The molecule has 0 aliphatic carbocycles. The average molecular weight is 262 g/mol. The van der Waals surface area contributed by atoms with Gasteiger partial charge in [0.05, 0.1) is 12.5 Å². The number of amides is 3. The summed E-state index contributed by atoms with van der Waals surface area (Å²) in [5.41, 5.74) is 0. The van der Waals surface area contributed by atoms with Crippen LogP contribution in [0.1, 0.15) is 13.3 Å². The molecule has 1 aliphatic rings. The second kappa shape index (κ2) is 6.22. The zero-order valence-electron chi connectivity index (χ0n) is 11.0. The van der Waals surface area contributed by atoms with Crippen molar-refractivity contribution in [2.24, 2.45) is 5.92 Å². The maximum absolute atomic E-state index is 11.6. The van der Waals surface area contributed by atoms with E-state index in [4.69, 9.17) is 4.74 Å². The van der Waals surface area contributed by atoms with Gasteiger partial charge in [0.25, 0.3) is 0 Å². The van der Waals surface area contributed by atoms with Crippen LogP contribution in [0.15, 0.2) is 30.3 Å². The summed E-state index contributed by atoms with van der Waals surface area (Å²) in [7, 11) is 0. The van der Waals surface area contributed by atoms with E-state index in [1.54, 1.807) is 4.90 Å². The molecule has 0 spiro atoms. The Bertz CT molecular complexity index is 447.